The molecule has 2 unspecified atom stereocenters. The first-order chi connectivity index (χ1) is 9.26. The van der Waals surface area contributed by atoms with E-state index in [2.05, 4.69) is 31.3 Å². The van der Waals surface area contributed by atoms with E-state index < -0.39 is 0 Å². The van der Waals surface area contributed by atoms with Crippen molar-refractivity contribution in [2.24, 2.45) is 0 Å². The molecule has 108 valence electrons. The molecule has 0 aliphatic rings. The van der Waals surface area contributed by atoms with Gasteiger partial charge in [-0.1, -0.05) is 32.0 Å². The molecule has 1 aromatic rings. The summed E-state index contributed by atoms with van der Waals surface area (Å²) in [6.45, 7) is 5.36. The SMILES string of the molecule is CCCNC(Cc1ccccc1OC)C(CC)OC. The van der Waals surface area contributed by atoms with Gasteiger partial charge in [0.15, 0.2) is 0 Å². The monoisotopic (exact) mass is 265 g/mol. The zero-order chi connectivity index (χ0) is 14.1. The zero-order valence-corrected chi connectivity index (χ0v) is 12.6. The van der Waals surface area contributed by atoms with Gasteiger partial charge in [0.25, 0.3) is 0 Å². The first-order valence-corrected chi connectivity index (χ1v) is 7.14. The minimum absolute atomic E-state index is 0.233. The van der Waals surface area contributed by atoms with E-state index in [0.717, 1.165) is 31.6 Å². The number of para-hydroxylation sites is 1. The van der Waals surface area contributed by atoms with E-state index >= 15 is 0 Å². The highest BCUT2D eigenvalue weighted by atomic mass is 16.5. The van der Waals surface area contributed by atoms with E-state index in [1.54, 1.807) is 14.2 Å². The van der Waals surface area contributed by atoms with Gasteiger partial charge in [-0.3, -0.25) is 0 Å². The summed E-state index contributed by atoms with van der Waals surface area (Å²) in [4.78, 5) is 0. The number of hydrogen-bond donors (Lipinski definition) is 1. The van der Waals surface area contributed by atoms with Crippen LogP contribution in [0.5, 0.6) is 5.75 Å². The Balaban J connectivity index is 2.80. The molecular formula is C16H27NO2. The van der Waals surface area contributed by atoms with Gasteiger partial charge < -0.3 is 14.8 Å². The van der Waals surface area contributed by atoms with Crippen molar-refractivity contribution in [1.82, 2.24) is 5.32 Å². The molecule has 1 N–H and O–H groups in total. The molecule has 0 radical (unpaired) electrons. The second-order valence-electron chi connectivity index (χ2n) is 4.76. The fourth-order valence-electron chi connectivity index (χ4n) is 2.39. The van der Waals surface area contributed by atoms with Crippen LogP contribution in [-0.2, 0) is 11.2 Å². The minimum atomic E-state index is 0.233. The quantitative estimate of drug-likeness (QED) is 0.744. The van der Waals surface area contributed by atoms with Crippen LogP contribution in [0.25, 0.3) is 0 Å². The largest absolute Gasteiger partial charge is 0.496 e. The summed E-state index contributed by atoms with van der Waals surface area (Å²) >= 11 is 0. The predicted octanol–water partition coefficient (Wildman–Crippen LogP) is 3.03. The van der Waals surface area contributed by atoms with Crippen molar-refractivity contribution in [3.05, 3.63) is 29.8 Å². The van der Waals surface area contributed by atoms with Crippen LogP contribution < -0.4 is 10.1 Å². The van der Waals surface area contributed by atoms with Crippen LogP contribution in [0.3, 0.4) is 0 Å². The summed E-state index contributed by atoms with van der Waals surface area (Å²) in [5.41, 5.74) is 1.23. The van der Waals surface area contributed by atoms with Crippen LogP contribution >= 0.6 is 0 Å². The molecule has 0 aliphatic heterocycles. The highest BCUT2D eigenvalue weighted by Gasteiger charge is 2.20. The van der Waals surface area contributed by atoms with Crippen molar-refractivity contribution < 1.29 is 9.47 Å². The van der Waals surface area contributed by atoms with Gasteiger partial charge in [0.1, 0.15) is 5.75 Å². The molecule has 1 aromatic carbocycles. The number of methoxy groups -OCH3 is 2. The third-order valence-corrected chi connectivity index (χ3v) is 3.44. The molecule has 0 amide bonds. The molecule has 0 spiro atoms. The van der Waals surface area contributed by atoms with Gasteiger partial charge in [-0.15, -0.1) is 0 Å². The fraction of sp³-hybridized carbons (Fsp3) is 0.625. The number of nitrogens with one attached hydrogen (secondary N) is 1. The molecular weight excluding hydrogens is 238 g/mol. The lowest BCUT2D eigenvalue weighted by molar-refractivity contribution is 0.0652. The maximum atomic E-state index is 5.60. The molecule has 1 rings (SSSR count). The Morgan fingerprint density at radius 2 is 1.89 bits per heavy atom. The van der Waals surface area contributed by atoms with Crippen molar-refractivity contribution >= 4 is 0 Å². The van der Waals surface area contributed by atoms with Crippen molar-refractivity contribution in [1.29, 1.82) is 0 Å². The normalized spacial score (nSPS) is 14.1. The summed E-state index contributed by atoms with van der Waals surface area (Å²) in [7, 11) is 3.51. The highest BCUT2D eigenvalue weighted by Crippen LogP contribution is 2.21. The maximum Gasteiger partial charge on any atom is 0.122 e. The molecule has 0 fully saturated rings. The Bertz CT molecular complexity index is 350. The van der Waals surface area contributed by atoms with Crippen LogP contribution in [-0.4, -0.2) is 32.9 Å². The predicted molar refractivity (Wildman–Crippen MR) is 79.9 cm³/mol. The van der Waals surface area contributed by atoms with Crippen LogP contribution in [0.15, 0.2) is 24.3 Å². The minimum Gasteiger partial charge on any atom is -0.496 e. The van der Waals surface area contributed by atoms with Crippen LogP contribution in [0, 0.1) is 0 Å². The van der Waals surface area contributed by atoms with Gasteiger partial charge in [-0.05, 0) is 37.4 Å². The third kappa shape index (κ3) is 4.84. The van der Waals surface area contributed by atoms with E-state index in [4.69, 9.17) is 9.47 Å². The lowest BCUT2D eigenvalue weighted by Gasteiger charge is -2.27. The van der Waals surface area contributed by atoms with Crippen molar-refractivity contribution in [3.8, 4) is 5.75 Å². The molecule has 3 heteroatoms. The number of benzene rings is 1. The first-order valence-electron chi connectivity index (χ1n) is 7.14. The van der Waals surface area contributed by atoms with E-state index in [-0.39, 0.29) is 6.10 Å². The smallest absolute Gasteiger partial charge is 0.122 e. The lowest BCUT2D eigenvalue weighted by Crippen LogP contribution is -2.42. The highest BCUT2D eigenvalue weighted by molar-refractivity contribution is 5.34. The van der Waals surface area contributed by atoms with Crippen LogP contribution in [0.1, 0.15) is 32.3 Å². The van der Waals surface area contributed by atoms with Gasteiger partial charge in [0.05, 0.1) is 13.2 Å². The molecule has 0 aromatic heterocycles. The molecule has 3 nitrogen and oxygen atoms in total. The molecule has 0 saturated heterocycles. The van der Waals surface area contributed by atoms with Crippen LogP contribution in [0.2, 0.25) is 0 Å². The number of rotatable bonds is 9. The van der Waals surface area contributed by atoms with E-state index in [1.807, 2.05) is 12.1 Å². The lowest BCUT2D eigenvalue weighted by atomic mass is 9.98. The Labute approximate surface area is 117 Å². The third-order valence-electron chi connectivity index (χ3n) is 3.44. The summed E-state index contributed by atoms with van der Waals surface area (Å²) in [6, 6.07) is 8.53. The summed E-state index contributed by atoms with van der Waals surface area (Å²) in [5, 5.41) is 3.59. The number of ether oxygens (including phenoxy) is 2. The molecule has 0 saturated carbocycles. The van der Waals surface area contributed by atoms with Gasteiger partial charge in [0.2, 0.25) is 0 Å². The second kappa shape index (κ2) is 8.94. The van der Waals surface area contributed by atoms with Crippen molar-refractivity contribution in [3.63, 3.8) is 0 Å². The van der Waals surface area contributed by atoms with Gasteiger partial charge in [-0.25, -0.2) is 0 Å². The Morgan fingerprint density at radius 1 is 1.16 bits per heavy atom. The fourth-order valence-corrected chi connectivity index (χ4v) is 2.39. The van der Waals surface area contributed by atoms with Crippen LogP contribution in [0.4, 0.5) is 0 Å². The number of hydrogen-bond acceptors (Lipinski definition) is 3. The first kappa shape index (κ1) is 16.0. The van der Waals surface area contributed by atoms with Crippen molar-refractivity contribution in [2.45, 2.75) is 45.3 Å². The Kier molecular flexibility index (Phi) is 7.53. The Hall–Kier alpha value is -1.06. The van der Waals surface area contributed by atoms with E-state index in [0.29, 0.717) is 6.04 Å². The van der Waals surface area contributed by atoms with Gasteiger partial charge in [-0.2, -0.15) is 0 Å². The standard InChI is InChI=1S/C16H27NO2/c1-5-11-17-14(15(6-2)18-3)12-13-9-7-8-10-16(13)19-4/h7-10,14-15,17H,5-6,11-12H2,1-4H3. The topological polar surface area (TPSA) is 30.5 Å². The summed E-state index contributed by atoms with van der Waals surface area (Å²) in [6.07, 6.45) is 3.29. The average molecular weight is 265 g/mol. The van der Waals surface area contributed by atoms with E-state index in [1.165, 1.54) is 5.56 Å². The van der Waals surface area contributed by atoms with Crippen molar-refractivity contribution in [2.75, 3.05) is 20.8 Å². The average Bonchev–Trinajstić information content (AvgIpc) is 2.46. The zero-order valence-electron chi connectivity index (χ0n) is 12.6. The maximum absolute atomic E-state index is 5.60. The Morgan fingerprint density at radius 3 is 2.47 bits per heavy atom. The van der Waals surface area contributed by atoms with Gasteiger partial charge in [0, 0.05) is 13.2 Å². The molecule has 2 atom stereocenters. The summed E-state index contributed by atoms with van der Waals surface area (Å²) in [5.74, 6) is 0.955. The molecule has 0 aliphatic carbocycles. The second-order valence-corrected chi connectivity index (χ2v) is 4.76. The van der Waals surface area contributed by atoms with E-state index in [9.17, 15) is 0 Å². The van der Waals surface area contributed by atoms with Gasteiger partial charge >= 0.3 is 0 Å². The summed E-state index contributed by atoms with van der Waals surface area (Å²) < 4.78 is 11.0. The molecule has 19 heavy (non-hydrogen) atoms. The molecule has 0 bridgehead atoms. The molecule has 0 heterocycles.